The molecule has 1 aromatic rings. The SMILES string of the molecule is CCCC[C@@H](CC)C(=O)N(CCCC)CC(=O)NCC(=O)Nc1ccc(C)cc1. The lowest BCUT2D eigenvalue weighted by Gasteiger charge is -2.26. The van der Waals surface area contributed by atoms with Crippen molar-refractivity contribution in [3.05, 3.63) is 29.8 Å². The lowest BCUT2D eigenvalue weighted by atomic mass is 9.97. The van der Waals surface area contributed by atoms with Gasteiger partial charge in [-0.15, -0.1) is 0 Å². The zero-order valence-electron chi connectivity index (χ0n) is 18.4. The van der Waals surface area contributed by atoms with Gasteiger partial charge >= 0.3 is 0 Å². The fraction of sp³-hybridized carbons (Fsp3) is 0.609. The average molecular weight is 404 g/mol. The van der Waals surface area contributed by atoms with E-state index in [0.717, 1.165) is 44.1 Å². The Morgan fingerprint density at radius 1 is 0.966 bits per heavy atom. The third-order valence-corrected chi connectivity index (χ3v) is 4.96. The summed E-state index contributed by atoms with van der Waals surface area (Å²) >= 11 is 0. The van der Waals surface area contributed by atoms with Gasteiger partial charge in [-0.25, -0.2) is 0 Å². The van der Waals surface area contributed by atoms with Crippen LogP contribution in [0.15, 0.2) is 24.3 Å². The third kappa shape index (κ3) is 9.59. The van der Waals surface area contributed by atoms with Gasteiger partial charge in [-0.05, 0) is 38.3 Å². The summed E-state index contributed by atoms with van der Waals surface area (Å²) in [5.41, 5.74) is 1.80. The summed E-state index contributed by atoms with van der Waals surface area (Å²) in [4.78, 5) is 39.0. The Balaban J connectivity index is 2.56. The molecule has 29 heavy (non-hydrogen) atoms. The summed E-state index contributed by atoms with van der Waals surface area (Å²) in [6.45, 7) is 8.62. The van der Waals surface area contributed by atoms with Crippen molar-refractivity contribution in [2.24, 2.45) is 5.92 Å². The number of unbranched alkanes of at least 4 members (excludes halogenated alkanes) is 2. The molecule has 3 amide bonds. The van der Waals surface area contributed by atoms with Crippen LogP contribution in [-0.2, 0) is 14.4 Å². The van der Waals surface area contributed by atoms with Gasteiger partial charge in [0.15, 0.2) is 0 Å². The third-order valence-electron chi connectivity index (χ3n) is 4.96. The Morgan fingerprint density at radius 2 is 1.62 bits per heavy atom. The van der Waals surface area contributed by atoms with Crippen molar-refractivity contribution in [2.45, 2.75) is 66.2 Å². The smallest absolute Gasteiger partial charge is 0.243 e. The normalized spacial score (nSPS) is 11.6. The molecule has 6 nitrogen and oxygen atoms in total. The number of nitrogens with zero attached hydrogens (tertiary/aromatic N) is 1. The molecular weight excluding hydrogens is 366 g/mol. The molecule has 0 spiro atoms. The number of benzene rings is 1. The highest BCUT2D eigenvalue weighted by Crippen LogP contribution is 2.16. The number of aryl methyl sites for hydroxylation is 1. The van der Waals surface area contributed by atoms with E-state index in [-0.39, 0.29) is 36.7 Å². The van der Waals surface area contributed by atoms with E-state index in [9.17, 15) is 14.4 Å². The molecular formula is C23H37N3O3. The zero-order valence-corrected chi connectivity index (χ0v) is 18.4. The molecule has 0 aromatic heterocycles. The molecule has 0 unspecified atom stereocenters. The number of carbonyl (C=O) groups excluding carboxylic acids is 3. The number of carbonyl (C=O) groups is 3. The maximum atomic E-state index is 12.9. The van der Waals surface area contributed by atoms with E-state index < -0.39 is 0 Å². The molecule has 0 radical (unpaired) electrons. The second-order valence-corrected chi connectivity index (χ2v) is 7.55. The van der Waals surface area contributed by atoms with Crippen LogP contribution in [-0.4, -0.2) is 42.3 Å². The number of rotatable bonds is 13. The molecule has 1 atom stereocenters. The number of anilines is 1. The van der Waals surface area contributed by atoms with Crippen molar-refractivity contribution in [1.29, 1.82) is 0 Å². The van der Waals surface area contributed by atoms with Gasteiger partial charge in [0.2, 0.25) is 17.7 Å². The van der Waals surface area contributed by atoms with Crippen molar-refractivity contribution in [2.75, 3.05) is 25.0 Å². The minimum atomic E-state index is -0.307. The Kier molecular flexibility index (Phi) is 11.7. The molecule has 0 aliphatic rings. The quantitative estimate of drug-likeness (QED) is 0.524. The minimum Gasteiger partial charge on any atom is -0.345 e. The van der Waals surface area contributed by atoms with E-state index in [1.807, 2.05) is 38.1 Å². The first-order valence-corrected chi connectivity index (χ1v) is 10.8. The highest BCUT2D eigenvalue weighted by Gasteiger charge is 2.24. The monoisotopic (exact) mass is 403 g/mol. The summed E-state index contributed by atoms with van der Waals surface area (Å²) in [6.07, 6.45) is 5.51. The van der Waals surface area contributed by atoms with Crippen LogP contribution in [0.3, 0.4) is 0 Å². The molecule has 1 aromatic carbocycles. The van der Waals surface area contributed by atoms with Gasteiger partial charge in [-0.1, -0.05) is 57.7 Å². The second kappa shape index (κ2) is 13.7. The van der Waals surface area contributed by atoms with Crippen LogP contribution in [0.25, 0.3) is 0 Å². The first-order chi connectivity index (χ1) is 13.9. The molecule has 0 saturated carbocycles. The topological polar surface area (TPSA) is 78.5 Å². The van der Waals surface area contributed by atoms with Crippen molar-refractivity contribution in [1.82, 2.24) is 10.2 Å². The second-order valence-electron chi connectivity index (χ2n) is 7.55. The maximum Gasteiger partial charge on any atom is 0.243 e. The molecule has 0 aliphatic carbocycles. The van der Waals surface area contributed by atoms with E-state index in [4.69, 9.17) is 0 Å². The maximum absolute atomic E-state index is 12.9. The van der Waals surface area contributed by atoms with Gasteiger partial charge in [-0.3, -0.25) is 14.4 Å². The van der Waals surface area contributed by atoms with E-state index in [1.165, 1.54) is 0 Å². The minimum absolute atomic E-state index is 0.000724. The van der Waals surface area contributed by atoms with Gasteiger partial charge in [0, 0.05) is 18.2 Å². The van der Waals surface area contributed by atoms with E-state index in [2.05, 4.69) is 24.5 Å². The van der Waals surface area contributed by atoms with Crippen LogP contribution in [0, 0.1) is 12.8 Å². The van der Waals surface area contributed by atoms with Gasteiger partial charge < -0.3 is 15.5 Å². The summed E-state index contributed by atoms with van der Waals surface area (Å²) in [6, 6.07) is 7.46. The van der Waals surface area contributed by atoms with Gasteiger partial charge in [-0.2, -0.15) is 0 Å². The van der Waals surface area contributed by atoms with Gasteiger partial charge in [0.1, 0.15) is 0 Å². The molecule has 6 heteroatoms. The molecule has 0 saturated heterocycles. The van der Waals surface area contributed by atoms with Crippen LogP contribution >= 0.6 is 0 Å². The summed E-state index contributed by atoms with van der Waals surface area (Å²) in [5.74, 6) is -0.583. The number of hydrogen-bond acceptors (Lipinski definition) is 3. The largest absolute Gasteiger partial charge is 0.345 e. The lowest BCUT2D eigenvalue weighted by molar-refractivity contribution is -0.140. The van der Waals surface area contributed by atoms with Crippen LogP contribution in [0.2, 0.25) is 0 Å². The van der Waals surface area contributed by atoms with Crippen molar-refractivity contribution < 1.29 is 14.4 Å². The highest BCUT2D eigenvalue weighted by atomic mass is 16.2. The Morgan fingerprint density at radius 3 is 2.21 bits per heavy atom. The molecule has 2 N–H and O–H groups in total. The Labute approximate surface area is 175 Å². The van der Waals surface area contributed by atoms with Gasteiger partial charge in [0.05, 0.1) is 13.1 Å². The molecule has 1 rings (SSSR count). The van der Waals surface area contributed by atoms with Crippen LogP contribution < -0.4 is 10.6 Å². The average Bonchev–Trinajstić information content (AvgIpc) is 2.71. The fourth-order valence-corrected chi connectivity index (χ4v) is 3.08. The van der Waals surface area contributed by atoms with Crippen molar-refractivity contribution in [3.63, 3.8) is 0 Å². The molecule has 0 aliphatic heterocycles. The van der Waals surface area contributed by atoms with Gasteiger partial charge in [0.25, 0.3) is 0 Å². The number of amides is 3. The number of hydrogen-bond donors (Lipinski definition) is 2. The van der Waals surface area contributed by atoms with E-state index >= 15 is 0 Å². The predicted molar refractivity (Wildman–Crippen MR) is 118 cm³/mol. The Hall–Kier alpha value is -2.37. The first kappa shape index (κ1) is 24.7. The van der Waals surface area contributed by atoms with Crippen molar-refractivity contribution >= 4 is 23.4 Å². The van der Waals surface area contributed by atoms with E-state index in [0.29, 0.717) is 12.2 Å². The van der Waals surface area contributed by atoms with Crippen LogP contribution in [0.4, 0.5) is 5.69 Å². The predicted octanol–water partition coefficient (Wildman–Crippen LogP) is 3.89. The lowest BCUT2D eigenvalue weighted by Crippen LogP contribution is -2.45. The first-order valence-electron chi connectivity index (χ1n) is 10.8. The van der Waals surface area contributed by atoms with Crippen LogP contribution in [0.5, 0.6) is 0 Å². The molecule has 162 valence electrons. The standard InChI is InChI=1S/C23H37N3O3/c1-5-8-10-19(7-3)23(29)26(15-9-6-2)17-22(28)24-16-21(27)25-20-13-11-18(4)12-14-20/h11-14,19H,5-10,15-17H2,1-4H3,(H,24,28)(H,25,27)/t19-/m1/s1. The van der Waals surface area contributed by atoms with E-state index in [1.54, 1.807) is 4.90 Å². The molecule has 0 heterocycles. The summed E-state index contributed by atoms with van der Waals surface area (Å²) < 4.78 is 0. The zero-order chi connectivity index (χ0) is 21.6. The Bertz CT molecular complexity index is 643. The summed E-state index contributed by atoms with van der Waals surface area (Å²) in [5, 5.41) is 5.38. The molecule has 0 bridgehead atoms. The van der Waals surface area contributed by atoms with Crippen LogP contribution in [0.1, 0.15) is 64.9 Å². The highest BCUT2D eigenvalue weighted by molar-refractivity contribution is 5.95. The molecule has 0 fully saturated rings. The fourth-order valence-electron chi connectivity index (χ4n) is 3.08. The van der Waals surface area contributed by atoms with Crippen molar-refractivity contribution in [3.8, 4) is 0 Å². The summed E-state index contributed by atoms with van der Waals surface area (Å²) in [7, 11) is 0. The number of nitrogens with one attached hydrogen (secondary N) is 2.